The van der Waals surface area contributed by atoms with Crippen molar-refractivity contribution in [3.8, 4) is 17.2 Å². The summed E-state index contributed by atoms with van der Waals surface area (Å²) in [7, 11) is 1.06. The zero-order valence-corrected chi connectivity index (χ0v) is 18.3. The lowest BCUT2D eigenvalue weighted by atomic mass is 10.1. The van der Waals surface area contributed by atoms with Crippen molar-refractivity contribution in [1.29, 1.82) is 0 Å². The summed E-state index contributed by atoms with van der Waals surface area (Å²) in [5.74, 6) is 2.69. The van der Waals surface area contributed by atoms with E-state index in [1.54, 1.807) is 61.7 Å². The molecule has 0 spiro atoms. The zero-order valence-electron chi connectivity index (χ0n) is 16.7. The van der Waals surface area contributed by atoms with Crippen LogP contribution >= 0.6 is 11.8 Å². The van der Waals surface area contributed by atoms with Crippen molar-refractivity contribution in [2.75, 3.05) is 33.6 Å². The molecule has 3 rings (SSSR count). The lowest BCUT2D eigenvalue weighted by Gasteiger charge is -2.26. The molecule has 152 valence electrons. The molecule has 0 aromatic heterocycles. The van der Waals surface area contributed by atoms with Crippen molar-refractivity contribution >= 4 is 21.8 Å². The van der Waals surface area contributed by atoms with Crippen LogP contribution in [0.15, 0.2) is 35.2 Å². The van der Waals surface area contributed by atoms with Gasteiger partial charge in [0, 0.05) is 17.9 Å². The van der Waals surface area contributed by atoms with E-state index in [2.05, 4.69) is 0 Å². The third kappa shape index (κ3) is 3.56. The Labute approximate surface area is 170 Å². The SMILES string of the molecule is COc1ccc(OC)c(C2SCCN2S(=O)(=O)c2ccc(OC)c(C)c2C)c1. The Bertz CT molecular complexity index is 975. The van der Waals surface area contributed by atoms with Crippen molar-refractivity contribution in [3.63, 3.8) is 0 Å². The molecule has 6 nitrogen and oxygen atoms in total. The number of methoxy groups -OCH3 is 3. The van der Waals surface area contributed by atoms with E-state index in [0.717, 1.165) is 11.1 Å². The molecule has 1 fully saturated rings. The van der Waals surface area contributed by atoms with Crippen LogP contribution in [0.4, 0.5) is 0 Å². The molecule has 2 aromatic rings. The van der Waals surface area contributed by atoms with Gasteiger partial charge >= 0.3 is 0 Å². The lowest BCUT2D eigenvalue weighted by molar-refractivity contribution is 0.382. The standard InChI is InChI=1S/C20H25NO5S2/c1-13-14(2)19(9-8-17(13)25-4)28(22,23)21-10-11-27-20(21)16-12-15(24-3)6-7-18(16)26-5/h6-9,12,20H,10-11H2,1-5H3. The Morgan fingerprint density at radius 2 is 1.64 bits per heavy atom. The van der Waals surface area contributed by atoms with Crippen LogP contribution in [-0.2, 0) is 10.0 Å². The summed E-state index contributed by atoms with van der Waals surface area (Å²) in [5, 5.41) is -0.378. The van der Waals surface area contributed by atoms with Gasteiger partial charge in [-0.05, 0) is 55.3 Å². The van der Waals surface area contributed by atoms with E-state index in [1.807, 2.05) is 19.9 Å². The first kappa shape index (κ1) is 20.8. The summed E-state index contributed by atoms with van der Waals surface area (Å²) in [4.78, 5) is 0.306. The quantitative estimate of drug-likeness (QED) is 0.705. The number of thioether (sulfide) groups is 1. The molecule has 1 saturated heterocycles. The van der Waals surface area contributed by atoms with Gasteiger partial charge in [-0.15, -0.1) is 11.8 Å². The molecule has 1 aliphatic rings. The molecule has 1 atom stereocenters. The van der Waals surface area contributed by atoms with Crippen LogP contribution in [0, 0.1) is 13.8 Å². The van der Waals surface area contributed by atoms with Gasteiger partial charge in [-0.1, -0.05) is 0 Å². The van der Waals surface area contributed by atoms with Gasteiger partial charge in [-0.3, -0.25) is 0 Å². The Balaban J connectivity index is 2.07. The molecular formula is C20H25NO5S2. The smallest absolute Gasteiger partial charge is 0.244 e. The normalized spacial score (nSPS) is 17.5. The second-order valence-electron chi connectivity index (χ2n) is 6.46. The highest BCUT2D eigenvalue weighted by atomic mass is 32.2. The summed E-state index contributed by atoms with van der Waals surface area (Å²) in [6.07, 6.45) is 0. The van der Waals surface area contributed by atoms with Crippen LogP contribution in [0.5, 0.6) is 17.2 Å². The van der Waals surface area contributed by atoms with Gasteiger partial charge in [0.05, 0.1) is 31.6 Å². The topological polar surface area (TPSA) is 65.1 Å². The fourth-order valence-electron chi connectivity index (χ4n) is 3.38. The van der Waals surface area contributed by atoms with Gasteiger partial charge in [0.2, 0.25) is 10.0 Å². The minimum Gasteiger partial charge on any atom is -0.497 e. The molecule has 8 heteroatoms. The third-order valence-corrected chi connectivity index (χ3v) is 8.43. The Morgan fingerprint density at radius 3 is 2.29 bits per heavy atom. The monoisotopic (exact) mass is 423 g/mol. The van der Waals surface area contributed by atoms with Crippen LogP contribution in [-0.4, -0.2) is 46.4 Å². The first-order valence-electron chi connectivity index (χ1n) is 8.84. The Hall–Kier alpha value is -1.90. The highest BCUT2D eigenvalue weighted by Gasteiger charge is 2.39. The Kier molecular flexibility index (Phi) is 6.12. The second-order valence-corrected chi connectivity index (χ2v) is 9.51. The molecule has 2 aromatic carbocycles. The molecule has 1 aliphatic heterocycles. The molecule has 0 bridgehead atoms. The maximum Gasteiger partial charge on any atom is 0.244 e. The summed E-state index contributed by atoms with van der Waals surface area (Å²) in [6, 6.07) is 8.79. The number of benzene rings is 2. The van der Waals surface area contributed by atoms with Crippen LogP contribution in [0.1, 0.15) is 22.1 Å². The molecule has 1 unspecified atom stereocenters. The third-order valence-electron chi connectivity index (χ3n) is 5.05. The first-order chi connectivity index (χ1) is 13.3. The maximum atomic E-state index is 13.5. The van der Waals surface area contributed by atoms with Crippen molar-refractivity contribution in [3.05, 3.63) is 47.0 Å². The molecular weight excluding hydrogens is 398 g/mol. The zero-order chi connectivity index (χ0) is 20.5. The minimum absolute atomic E-state index is 0.306. The molecule has 0 aliphatic carbocycles. The molecule has 0 radical (unpaired) electrons. The van der Waals surface area contributed by atoms with Crippen molar-refractivity contribution < 1.29 is 22.6 Å². The van der Waals surface area contributed by atoms with E-state index >= 15 is 0 Å². The number of hydrogen-bond acceptors (Lipinski definition) is 6. The fourth-order valence-corrected chi connectivity index (χ4v) is 6.90. The largest absolute Gasteiger partial charge is 0.497 e. The van der Waals surface area contributed by atoms with Gasteiger partial charge in [-0.2, -0.15) is 4.31 Å². The van der Waals surface area contributed by atoms with Gasteiger partial charge in [0.25, 0.3) is 0 Å². The van der Waals surface area contributed by atoms with E-state index in [-0.39, 0.29) is 5.37 Å². The average molecular weight is 424 g/mol. The van der Waals surface area contributed by atoms with Crippen LogP contribution in [0.2, 0.25) is 0 Å². The van der Waals surface area contributed by atoms with Crippen LogP contribution in [0.3, 0.4) is 0 Å². The summed E-state index contributed by atoms with van der Waals surface area (Å²) in [6.45, 7) is 4.12. The summed E-state index contributed by atoms with van der Waals surface area (Å²) < 4.78 is 44.8. The van der Waals surface area contributed by atoms with Crippen molar-refractivity contribution in [2.45, 2.75) is 24.1 Å². The van der Waals surface area contributed by atoms with Gasteiger partial charge in [0.15, 0.2) is 0 Å². The number of rotatable bonds is 6. The predicted molar refractivity (Wildman–Crippen MR) is 111 cm³/mol. The number of ether oxygens (including phenoxy) is 3. The highest BCUT2D eigenvalue weighted by Crippen LogP contribution is 2.46. The minimum atomic E-state index is -3.70. The lowest BCUT2D eigenvalue weighted by Crippen LogP contribution is -2.31. The maximum absolute atomic E-state index is 13.5. The van der Waals surface area contributed by atoms with E-state index in [4.69, 9.17) is 14.2 Å². The van der Waals surface area contributed by atoms with Crippen LogP contribution in [0.25, 0.3) is 0 Å². The number of sulfonamides is 1. The van der Waals surface area contributed by atoms with E-state index in [9.17, 15) is 8.42 Å². The van der Waals surface area contributed by atoms with Gasteiger partial charge in [-0.25, -0.2) is 8.42 Å². The van der Waals surface area contributed by atoms with E-state index in [1.165, 1.54) is 0 Å². The van der Waals surface area contributed by atoms with Crippen molar-refractivity contribution in [1.82, 2.24) is 4.31 Å². The second kappa shape index (κ2) is 8.23. The van der Waals surface area contributed by atoms with Crippen LogP contribution < -0.4 is 14.2 Å². The van der Waals surface area contributed by atoms with E-state index < -0.39 is 10.0 Å². The average Bonchev–Trinajstić information content (AvgIpc) is 3.20. The molecule has 1 heterocycles. The van der Waals surface area contributed by atoms with Gasteiger partial charge < -0.3 is 14.2 Å². The number of hydrogen-bond donors (Lipinski definition) is 0. The molecule has 0 N–H and O–H groups in total. The number of nitrogens with zero attached hydrogens (tertiary/aromatic N) is 1. The highest BCUT2D eigenvalue weighted by molar-refractivity contribution is 8.01. The predicted octanol–water partition coefficient (Wildman–Crippen LogP) is 3.77. The molecule has 0 saturated carbocycles. The van der Waals surface area contributed by atoms with Gasteiger partial charge in [0.1, 0.15) is 17.2 Å². The molecule has 28 heavy (non-hydrogen) atoms. The first-order valence-corrected chi connectivity index (χ1v) is 11.3. The van der Waals surface area contributed by atoms with E-state index in [0.29, 0.717) is 40.0 Å². The Morgan fingerprint density at radius 1 is 0.964 bits per heavy atom. The molecule has 0 amide bonds. The summed E-state index contributed by atoms with van der Waals surface area (Å²) >= 11 is 1.58. The van der Waals surface area contributed by atoms with Crippen molar-refractivity contribution in [2.24, 2.45) is 0 Å². The summed E-state index contributed by atoms with van der Waals surface area (Å²) in [5.41, 5.74) is 2.31. The fraction of sp³-hybridized carbons (Fsp3) is 0.400.